The van der Waals surface area contributed by atoms with Crippen molar-refractivity contribution in [1.29, 1.82) is 0 Å². The molecule has 3 aliphatic rings. The fourth-order valence-electron chi connectivity index (χ4n) is 3.50. The number of hydrogen-bond donors (Lipinski definition) is 0. The van der Waals surface area contributed by atoms with Crippen LogP contribution in [0.15, 0.2) is 42.6 Å². The molecular formula is C17H17N. The number of hydrogen-bond acceptors (Lipinski definition) is 1. The van der Waals surface area contributed by atoms with Crippen LogP contribution in [0.5, 0.6) is 0 Å². The highest BCUT2D eigenvalue weighted by Crippen LogP contribution is 2.64. The van der Waals surface area contributed by atoms with E-state index in [0.717, 1.165) is 5.92 Å². The van der Waals surface area contributed by atoms with E-state index in [1.807, 2.05) is 6.20 Å². The van der Waals surface area contributed by atoms with Crippen LogP contribution in [0, 0.1) is 12.8 Å². The number of benzene rings is 1. The Kier molecular flexibility index (Phi) is 1.97. The van der Waals surface area contributed by atoms with Crippen LogP contribution < -0.4 is 0 Å². The molecule has 90 valence electrons. The zero-order valence-corrected chi connectivity index (χ0v) is 10.7. The van der Waals surface area contributed by atoms with Gasteiger partial charge < -0.3 is 0 Å². The summed E-state index contributed by atoms with van der Waals surface area (Å²) in [6, 6.07) is 13.1. The summed E-state index contributed by atoms with van der Waals surface area (Å²) in [5.74, 6) is 1.02. The highest BCUT2D eigenvalue weighted by Gasteiger charge is 2.58. The Balaban J connectivity index is 1.67. The zero-order chi connectivity index (χ0) is 12.2. The molecule has 0 spiro atoms. The number of rotatable bonds is 2. The third-order valence-electron chi connectivity index (χ3n) is 4.70. The van der Waals surface area contributed by atoms with Gasteiger partial charge in [0, 0.05) is 22.9 Å². The van der Waals surface area contributed by atoms with E-state index in [2.05, 4.69) is 43.3 Å². The van der Waals surface area contributed by atoms with Crippen LogP contribution in [-0.2, 0) is 5.41 Å². The van der Waals surface area contributed by atoms with Crippen molar-refractivity contribution >= 4 is 0 Å². The van der Waals surface area contributed by atoms with E-state index in [1.165, 1.54) is 41.6 Å². The average molecular weight is 235 g/mol. The molecule has 3 aliphatic carbocycles. The standard InChI is InChI=1S/C17H17N/c1-12-3-2-4-14(7-12)15-5-6-16(18-11-15)17-8-13(9-17)10-17/h2-7,11,13H,8-10H2,1H3. The fourth-order valence-corrected chi connectivity index (χ4v) is 3.50. The molecule has 5 rings (SSSR count). The van der Waals surface area contributed by atoms with Gasteiger partial charge in [-0.3, -0.25) is 4.98 Å². The summed E-state index contributed by atoms with van der Waals surface area (Å²) in [7, 11) is 0. The van der Waals surface area contributed by atoms with Gasteiger partial charge in [-0.25, -0.2) is 0 Å². The lowest BCUT2D eigenvalue weighted by Crippen LogP contribution is -2.55. The van der Waals surface area contributed by atoms with E-state index in [4.69, 9.17) is 4.98 Å². The van der Waals surface area contributed by atoms with Gasteiger partial charge in [-0.05, 0) is 43.7 Å². The van der Waals surface area contributed by atoms with Gasteiger partial charge >= 0.3 is 0 Å². The van der Waals surface area contributed by atoms with Crippen molar-refractivity contribution in [2.45, 2.75) is 31.6 Å². The monoisotopic (exact) mass is 235 g/mol. The van der Waals surface area contributed by atoms with Gasteiger partial charge in [-0.1, -0.05) is 35.9 Å². The normalized spacial score (nSPS) is 28.4. The highest BCUT2D eigenvalue weighted by atomic mass is 14.8. The Morgan fingerprint density at radius 1 is 1.06 bits per heavy atom. The SMILES string of the molecule is Cc1cccc(-c2ccc(C34CC(C3)C4)nc2)c1. The summed E-state index contributed by atoms with van der Waals surface area (Å²) in [6.45, 7) is 2.13. The molecule has 3 fully saturated rings. The second-order valence-electron chi connectivity index (χ2n) is 6.06. The lowest BCUT2D eigenvalue weighted by Gasteiger charge is -2.61. The van der Waals surface area contributed by atoms with Crippen molar-refractivity contribution in [3.05, 3.63) is 53.9 Å². The van der Waals surface area contributed by atoms with Crippen molar-refractivity contribution in [3.8, 4) is 11.1 Å². The van der Waals surface area contributed by atoms with Crippen LogP contribution in [0.25, 0.3) is 11.1 Å². The predicted molar refractivity (Wildman–Crippen MR) is 73.4 cm³/mol. The van der Waals surface area contributed by atoms with Gasteiger partial charge in [0.05, 0.1) is 0 Å². The molecule has 3 saturated carbocycles. The number of nitrogens with zero attached hydrogens (tertiary/aromatic N) is 1. The maximum absolute atomic E-state index is 4.72. The number of aromatic nitrogens is 1. The van der Waals surface area contributed by atoms with Crippen LogP contribution in [0.2, 0.25) is 0 Å². The minimum Gasteiger partial charge on any atom is -0.260 e. The number of pyridine rings is 1. The van der Waals surface area contributed by atoms with Crippen LogP contribution in [0.3, 0.4) is 0 Å². The molecule has 0 atom stereocenters. The maximum Gasteiger partial charge on any atom is 0.0466 e. The minimum absolute atomic E-state index is 0.482. The minimum atomic E-state index is 0.482. The lowest BCUT2D eigenvalue weighted by molar-refractivity contribution is -0.0308. The first-order chi connectivity index (χ1) is 8.75. The van der Waals surface area contributed by atoms with Gasteiger partial charge in [-0.15, -0.1) is 0 Å². The van der Waals surface area contributed by atoms with E-state index in [-0.39, 0.29) is 0 Å². The second kappa shape index (κ2) is 3.44. The largest absolute Gasteiger partial charge is 0.260 e. The molecule has 0 unspecified atom stereocenters. The van der Waals surface area contributed by atoms with E-state index in [0.29, 0.717) is 5.41 Å². The molecule has 2 aromatic rings. The van der Waals surface area contributed by atoms with Gasteiger partial charge in [0.2, 0.25) is 0 Å². The fraction of sp³-hybridized carbons (Fsp3) is 0.353. The molecule has 1 aromatic carbocycles. The first-order valence-electron chi connectivity index (χ1n) is 6.79. The van der Waals surface area contributed by atoms with Crippen molar-refractivity contribution < 1.29 is 0 Å². The summed E-state index contributed by atoms with van der Waals surface area (Å²) in [5.41, 5.74) is 5.61. The average Bonchev–Trinajstić information content (AvgIpc) is 2.26. The van der Waals surface area contributed by atoms with Crippen molar-refractivity contribution in [2.75, 3.05) is 0 Å². The van der Waals surface area contributed by atoms with Crippen molar-refractivity contribution in [2.24, 2.45) is 5.92 Å². The molecule has 1 heteroatoms. The summed E-state index contributed by atoms with van der Waals surface area (Å²) < 4.78 is 0. The Labute approximate surface area is 108 Å². The molecule has 0 radical (unpaired) electrons. The van der Waals surface area contributed by atoms with Crippen LogP contribution >= 0.6 is 0 Å². The molecule has 18 heavy (non-hydrogen) atoms. The Hall–Kier alpha value is -1.63. The van der Waals surface area contributed by atoms with Crippen LogP contribution in [-0.4, -0.2) is 4.98 Å². The van der Waals surface area contributed by atoms with Gasteiger partial charge in [0.15, 0.2) is 0 Å². The van der Waals surface area contributed by atoms with E-state index >= 15 is 0 Å². The quantitative estimate of drug-likeness (QED) is 0.763. The van der Waals surface area contributed by atoms with E-state index < -0.39 is 0 Å². The molecule has 1 aromatic heterocycles. The van der Waals surface area contributed by atoms with Gasteiger partial charge in [0.25, 0.3) is 0 Å². The Morgan fingerprint density at radius 3 is 2.44 bits per heavy atom. The molecule has 2 bridgehead atoms. The molecule has 1 heterocycles. The Morgan fingerprint density at radius 2 is 1.89 bits per heavy atom. The van der Waals surface area contributed by atoms with Gasteiger partial charge in [-0.2, -0.15) is 0 Å². The molecule has 0 N–H and O–H groups in total. The highest BCUT2D eigenvalue weighted by molar-refractivity contribution is 5.63. The third-order valence-corrected chi connectivity index (χ3v) is 4.70. The molecule has 1 nitrogen and oxygen atoms in total. The smallest absolute Gasteiger partial charge is 0.0466 e. The lowest BCUT2D eigenvalue weighted by atomic mass is 9.43. The van der Waals surface area contributed by atoms with Crippen LogP contribution in [0.4, 0.5) is 0 Å². The zero-order valence-electron chi connectivity index (χ0n) is 10.7. The second-order valence-corrected chi connectivity index (χ2v) is 6.06. The summed E-state index contributed by atoms with van der Waals surface area (Å²) in [6.07, 6.45) is 6.18. The maximum atomic E-state index is 4.72. The van der Waals surface area contributed by atoms with E-state index in [9.17, 15) is 0 Å². The molecule has 0 aliphatic heterocycles. The topological polar surface area (TPSA) is 12.9 Å². The van der Waals surface area contributed by atoms with Crippen molar-refractivity contribution in [1.82, 2.24) is 4.98 Å². The summed E-state index contributed by atoms with van der Waals surface area (Å²) in [4.78, 5) is 4.72. The van der Waals surface area contributed by atoms with Crippen molar-refractivity contribution in [3.63, 3.8) is 0 Å². The summed E-state index contributed by atoms with van der Waals surface area (Å²) >= 11 is 0. The first kappa shape index (κ1) is 10.3. The number of aryl methyl sites for hydroxylation is 1. The predicted octanol–water partition coefficient (Wildman–Crippen LogP) is 4.11. The third kappa shape index (κ3) is 1.37. The van der Waals surface area contributed by atoms with Gasteiger partial charge in [0.1, 0.15) is 0 Å². The summed E-state index contributed by atoms with van der Waals surface area (Å²) in [5, 5.41) is 0. The molecule has 0 amide bonds. The first-order valence-corrected chi connectivity index (χ1v) is 6.79. The Bertz CT molecular complexity index is 580. The van der Waals surface area contributed by atoms with Crippen LogP contribution in [0.1, 0.15) is 30.5 Å². The molecular weight excluding hydrogens is 218 g/mol. The molecule has 0 saturated heterocycles. The van der Waals surface area contributed by atoms with E-state index in [1.54, 1.807) is 0 Å².